The lowest BCUT2D eigenvalue weighted by molar-refractivity contribution is -0.274. The summed E-state index contributed by atoms with van der Waals surface area (Å²) in [5, 5.41) is 3.32. The Kier molecular flexibility index (Phi) is 5.98. The number of halogens is 3. The van der Waals surface area contributed by atoms with Crippen molar-refractivity contribution in [2.24, 2.45) is 5.92 Å². The van der Waals surface area contributed by atoms with Gasteiger partial charge < -0.3 is 24.6 Å². The van der Waals surface area contributed by atoms with Crippen LogP contribution in [-0.4, -0.2) is 55.0 Å². The summed E-state index contributed by atoms with van der Waals surface area (Å²) in [6.45, 7) is 3.24. The van der Waals surface area contributed by atoms with Crippen molar-refractivity contribution in [3.63, 3.8) is 0 Å². The number of nitrogens with one attached hydrogen (secondary N) is 1. The van der Waals surface area contributed by atoms with E-state index < -0.39 is 6.36 Å². The Morgan fingerprint density at radius 3 is 2.53 bits per heavy atom. The summed E-state index contributed by atoms with van der Waals surface area (Å²) in [4.78, 5) is 24.6. The van der Waals surface area contributed by atoms with E-state index in [0.717, 1.165) is 18.7 Å². The second-order valence-corrected chi connectivity index (χ2v) is 7.91. The Morgan fingerprint density at radius 1 is 1.19 bits per heavy atom. The maximum Gasteiger partial charge on any atom is 0.573 e. The van der Waals surface area contributed by atoms with Crippen molar-refractivity contribution in [1.82, 2.24) is 9.97 Å². The minimum Gasteiger partial charge on any atom is -0.493 e. The van der Waals surface area contributed by atoms with Crippen LogP contribution < -0.4 is 24.6 Å². The highest BCUT2D eigenvalue weighted by atomic mass is 19.4. The highest BCUT2D eigenvalue weighted by molar-refractivity contribution is 6.02. The lowest BCUT2D eigenvalue weighted by Gasteiger charge is -2.36. The smallest absolute Gasteiger partial charge is 0.493 e. The molecule has 1 aliphatic carbocycles. The number of rotatable bonds is 7. The van der Waals surface area contributed by atoms with Crippen molar-refractivity contribution in [1.29, 1.82) is 0 Å². The molecule has 0 spiro atoms. The molecule has 0 saturated heterocycles. The number of aromatic nitrogens is 2. The van der Waals surface area contributed by atoms with E-state index >= 15 is 0 Å². The van der Waals surface area contributed by atoms with E-state index in [4.69, 9.17) is 4.74 Å². The van der Waals surface area contributed by atoms with Crippen LogP contribution in [-0.2, 0) is 4.79 Å². The third-order valence-corrected chi connectivity index (χ3v) is 5.50. The molecule has 11 heteroatoms. The second kappa shape index (κ2) is 8.71. The summed E-state index contributed by atoms with van der Waals surface area (Å²) < 4.78 is 46.1. The molecule has 1 N–H and O–H groups in total. The van der Waals surface area contributed by atoms with Crippen molar-refractivity contribution in [3.8, 4) is 11.5 Å². The van der Waals surface area contributed by atoms with Crippen LogP contribution in [0.4, 0.5) is 30.6 Å². The van der Waals surface area contributed by atoms with Crippen LogP contribution in [0.2, 0.25) is 0 Å². The minimum atomic E-state index is -4.71. The van der Waals surface area contributed by atoms with E-state index in [0.29, 0.717) is 36.5 Å². The molecule has 32 heavy (non-hydrogen) atoms. The lowest BCUT2D eigenvalue weighted by Crippen LogP contribution is -2.45. The molecule has 0 radical (unpaired) electrons. The van der Waals surface area contributed by atoms with Crippen LogP contribution in [0.25, 0.3) is 0 Å². The van der Waals surface area contributed by atoms with E-state index in [1.54, 1.807) is 11.1 Å². The van der Waals surface area contributed by atoms with E-state index in [9.17, 15) is 18.0 Å². The Balaban J connectivity index is 1.25. The van der Waals surface area contributed by atoms with Crippen molar-refractivity contribution >= 4 is 23.4 Å². The van der Waals surface area contributed by atoms with Gasteiger partial charge in [0.05, 0.1) is 19.3 Å². The zero-order valence-electron chi connectivity index (χ0n) is 17.7. The monoisotopic (exact) mass is 451 g/mol. The number of carbonyl (C=O) groups is 1. The molecule has 0 bridgehead atoms. The molecular formula is C21H24F3N5O3. The third-order valence-electron chi connectivity index (χ3n) is 5.50. The van der Waals surface area contributed by atoms with Gasteiger partial charge in [-0.25, -0.2) is 4.98 Å². The largest absolute Gasteiger partial charge is 0.573 e. The van der Waals surface area contributed by atoms with Crippen molar-refractivity contribution < 1.29 is 27.4 Å². The Bertz CT molecular complexity index is 964. The van der Waals surface area contributed by atoms with E-state index in [1.807, 2.05) is 18.9 Å². The van der Waals surface area contributed by atoms with E-state index in [1.165, 1.54) is 24.3 Å². The van der Waals surface area contributed by atoms with Gasteiger partial charge in [0, 0.05) is 19.6 Å². The quantitative estimate of drug-likeness (QED) is 0.691. The number of anilines is 3. The summed E-state index contributed by atoms with van der Waals surface area (Å²) in [6.07, 6.45) is -1.30. The van der Waals surface area contributed by atoms with Gasteiger partial charge in [-0.3, -0.25) is 4.79 Å². The predicted octanol–water partition coefficient (Wildman–Crippen LogP) is 3.45. The maximum absolute atomic E-state index is 12.2. The standard InChI is InChI=1S/C21H24F3N5O3/c1-3-29-17-10-25-20(27-19(17)28(2)11-18(29)30)26-14-8-13(9-14)12-31-15-4-6-16(7-5-15)32-21(22,23)24/h4-7,10,13-14H,3,8-9,11-12H2,1-2H3,(H,25,26,27)/t13-,14+. The van der Waals surface area contributed by atoms with E-state index in [2.05, 4.69) is 20.0 Å². The Hall–Kier alpha value is -3.24. The minimum absolute atomic E-state index is 0.0242. The van der Waals surface area contributed by atoms with Crippen LogP contribution in [0, 0.1) is 5.92 Å². The first kappa shape index (κ1) is 22.0. The summed E-state index contributed by atoms with van der Waals surface area (Å²) in [5.41, 5.74) is 0.711. The molecule has 2 aliphatic rings. The molecule has 2 aromatic rings. The zero-order chi connectivity index (χ0) is 22.9. The predicted molar refractivity (Wildman–Crippen MR) is 112 cm³/mol. The van der Waals surface area contributed by atoms with Gasteiger partial charge in [-0.2, -0.15) is 4.98 Å². The second-order valence-electron chi connectivity index (χ2n) is 7.91. The number of carbonyl (C=O) groups excluding carboxylic acids is 1. The molecule has 1 aliphatic heterocycles. The fourth-order valence-corrected chi connectivity index (χ4v) is 3.88. The Morgan fingerprint density at radius 2 is 1.88 bits per heavy atom. The van der Waals surface area contributed by atoms with Gasteiger partial charge in [0.25, 0.3) is 0 Å². The normalized spacial score (nSPS) is 20.5. The molecule has 1 amide bonds. The van der Waals surface area contributed by atoms with Crippen LogP contribution in [0.15, 0.2) is 30.5 Å². The molecule has 0 unspecified atom stereocenters. The van der Waals surface area contributed by atoms with Crippen molar-refractivity contribution in [2.75, 3.05) is 41.9 Å². The summed E-state index contributed by atoms with van der Waals surface area (Å²) in [5.74, 6) is 1.81. The van der Waals surface area contributed by atoms with Gasteiger partial charge in [0.15, 0.2) is 5.82 Å². The topological polar surface area (TPSA) is 79.8 Å². The van der Waals surface area contributed by atoms with Crippen LogP contribution in [0.3, 0.4) is 0 Å². The number of fused-ring (bicyclic) bond motifs is 1. The number of hydrogen-bond donors (Lipinski definition) is 1. The molecule has 172 valence electrons. The summed E-state index contributed by atoms with van der Waals surface area (Å²) in [7, 11) is 1.83. The number of alkyl halides is 3. The SMILES string of the molecule is CCN1C(=O)CN(C)c2nc(N[C@H]3C[C@@H](COc4ccc(OC(F)(F)F)cc4)C3)ncc21. The van der Waals surface area contributed by atoms with Gasteiger partial charge in [0.1, 0.15) is 17.2 Å². The molecule has 1 aromatic carbocycles. The molecule has 2 heterocycles. The molecular weight excluding hydrogens is 427 g/mol. The first-order valence-electron chi connectivity index (χ1n) is 10.4. The number of ether oxygens (including phenoxy) is 2. The van der Waals surface area contributed by atoms with E-state index in [-0.39, 0.29) is 24.2 Å². The van der Waals surface area contributed by atoms with Crippen LogP contribution in [0.5, 0.6) is 11.5 Å². The fourth-order valence-electron chi connectivity index (χ4n) is 3.88. The average Bonchev–Trinajstić information content (AvgIpc) is 2.70. The van der Waals surface area contributed by atoms with Gasteiger partial charge in [-0.1, -0.05) is 0 Å². The average molecular weight is 451 g/mol. The number of amides is 1. The van der Waals surface area contributed by atoms with Gasteiger partial charge in [-0.15, -0.1) is 13.2 Å². The summed E-state index contributed by atoms with van der Waals surface area (Å²) >= 11 is 0. The van der Waals surface area contributed by atoms with Crippen LogP contribution in [0.1, 0.15) is 19.8 Å². The molecule has 1 saturated carbocycles. The fraction of sp³-hybridized carbons (Fsp3) is 0.476. The molecule has 0 atom stereocenters. The number of benzene rings is 1. The summed E-state index contributed by atoms with van der Waals surface area (Å²) in [6, 6.07) is 5.58. The third kappa shape index (κ3) is 4.97. The highest BCUT2D eigenvalue weighted by Crippen LogP contribution is 2.34. The first-order chi connectivity index (χ1) is 15.2. The molecule has 8 nitrogen and oxygen atoms in total. The highest BCUT2D eigenvalue weighted by Gasteiger charge is 2.33. The van der Waals surface area contributed by atoms with Crippen molar-refractivity contribution in [2.45, 2.75) is 32.2 Å². The molecule has 1 fully saturated rings. The van der Waals surface area contributed by atoms with Crippen molar-refractivity contribution in [3.05, 3.63) is 30.5 Å². The zero-order valence-corrected chi connectivity index (χ0v) is 17.7. The number of likely N-dealkylation sites (N-methyl/N-ethyl adjacent to an activating group) is 2. The number of hydrogen-bond acceptors (Lipinski definition) is 7. The maximum atomic E-state index is 12.2. The molecule has 4 rings (SSSR count). The Labute approximate surface area is 183 Å². The first-order valence-corrected chi connectivity index (χ1v) is 10.4. The van der Waals surface area contributed by atoms with Crippen LogP contribution >= 0.6 is 0 Å². The van der Waals surface area contributed by atoms with Gasteiger partial charge in [-0.05, 0) is 49.9 Å². The molecule has 1 aromatic heterocycles. The van der Waals surface area contributed by atoms with Gasteiger partial charge >= 0.3 is 6.36 Å². The number of nitrogens with zero attached hydrogens (tertiary/aromatic N) is 4. The lowest BCUT2D eigenvalue weighted by atomic mass is 9.81. The van der Waals surface area contributed by atoms with Gasteiger partial charge in [0.2, 0.25) is 11.9 Å².